The number of hydrogen-bond donors (Lipinski definition) is 0. The Morgan fingerprint density at radius 3 is 2.55 bits per heavy atom. The van der Waals surface area contributed by atoms with Gasteiger partial charge in [-0.25, -0.2) is 15.0 Å². The van der Waals surface area contributed by atoms with Crippen LogP contribution in [0.2, 0.25) is 5.15 Å². The van der Waals surface area contributed by atoms with Crippen LogP contribution in [0.1, 0.15) is 12.0 Å². The minimum absolute atomic E-state index is 0.171. The van der Waals surface area contributed by atoms with Crippen molar-refractivity contribution in [2.45, 2.75) is 13.0 Å². The van der Waals surface area contributed by atoms with Crippen LogP contribution in [-0.4, -0.2) is 33.9 Å². The van der Waals surface area contributed by atoms with E-state index in [0.717, 1.165) is 5.56 Å². The molecule has 2 aromatic rings. The van der Waals surface area contributed by atoms with Crippen molar-refractivity contribution in [3.05, 3.63) is 47.5 Å². The Morgan fingerprint density at radius 1 is 1.23 bits per heavy atom. The van der Waals surface area contributed by atoms with Gasteiger partial charge in [0.05, 0.1) is 13.7 Å². The third kappa shape index (κ3) is 4.23. The van der Waals surface area contributed by atoms with Gasteiger partial charge in [0.25, 0.3) is 0 Å². The van der Waals surface area contributed by atoms with Gasteiger partial charge in [-0.1, -0.05) is 17.7 Å². The highest BCUT2D eigenvalue weighted by Crippen LogP contribution is 2.14. The second-order valence-corrected chi connectivity index (χ2v) is 4.66. The standard InChI is InChI=1S/C14H13ClN4O3/c1-22-13(21)7-12(20)19(14-16-5-2-6-17-14)9-10-3-4-11(15)18-8-10/h2-6,8H,7,9H2,1H3. The third-order valence-electron chi connectivity index (χ3n) is 2.75. The molecule has 0 bridgehead atoms. The highest BCUT2D eigenvalue weighted by atomic mass is 35.5. The molecule has 2 heterocycles. The molecule has 0 N–H and O–H groups in total. The van der Waals surface area contributed by atoms with Gasteiger partial charge in [-0.15, -0.1) is 0 Å². The van der Waals surface area contributed by atoms with Crippen molar-refractivity contribution in [2.24, 2.45) is 0 Å². The van der Waals surface area contributed by atoms with Crippen molar-refractivity contribution < 1.29 is 14.3 Å². The fourth-order valence-corrected chi connectivity index (χ4v) is 1.79. The molecule has 114 valence electrons. The number of aromatic nitrogens is 3. The van der Waals surface area contributed by atoms with Crippen LogP contribution >= 0.6 is 11.6 Å². The van der Waals surface area contributed by atoms with Crippen molar-refractivity contribution >= 4 is 29.4 Å². The average molecular weight is 321 g/mol. The van der Waals surface area contributed by atoms with Crippen LogP contribution in [0.25, 0.3) is 0 Å². The first-order valence-electron chi connectivity index (χ1n) is 6.35. The summed E-state index contributed by atoms with van der Waals surface area (Å²) in [4.78, 5) is 36.9. The maximum Gasteiger partial charge on any atom is 0.315 e. The summed E-state index contributed by atoms with van der Waals surface area (Å²) in [6.45, 7) is 0.171. The van der Waals surface area contributed by atoms with Gasteiger partial charge < -0.3 is 4.74 Å². The first-order chi connectivity index (χ1) is 10.6. The van der Waals surface area contributed by atoms with Crippen LogP contribution in [-0.2, 0) is 20.9 Å². The maximum atomic E-state index is 12.3. The zero-order valence-electron chi connectivity index (χ0n) is 11.8. The quantitative estimate of drug-likeness (QED) is 0.473. The number of methoxy groups -OCH3 is 1. The monoisotopic (exact) mass is 320 g/mol. The second-order valence-electron chi connectivity index (χ2n) is 4.27. The number of carbonyl (C=O) groups excluding carboxylic acids is 2. The lowest BCUT2D eigenvalue weighted by Gasteiger charge is -2.20. The van der Waals surface area contributed by atoms with Gasteiger partial charge in [-0.05, 0) is 17.7 Å². The minimum Gasteiger partial charge on any atom is -0.469 e. The second kappa shape index (κ2) is 7.46. The topological polar surface area (TPSA) is 85.3 Å². The lowest BCUT2D eigenvalue weighted by Crippen LogP contribution is -2.33. The summed E-state index contributed by atoms with van der Waals surface area (Å²) in [5.41, 5.74) is 0.732. The number of ether oxygens (including phenoxy) is 1. The molecule has 0 atom stereocenters. The van der Waals surface area contributed by atoms with E-state index in [1.165, 1.54) is 24.4 Å². The van der Waals surface area contributed by atoms with Gasteiger partial charge in [0.1, 0.15) is 11.6 Å². The number of halogens is 1. The van der Waals surface area contributed by atoms with Crippen molar-refractivity contribution in [2.75, 3.05) is 12.0 Å². The van der Waals surface area contributed by atoms with E-state index in [-0.39, 0.29) is 12.5 Å². The third-order valence-corrected chi connectivity index (χ3v) is 2.97. The van der Waals surface area contributed by atoms with Gasteiger partial charge in [0.15, 0.2) is 0 Å². The lowest BCUT2D eigenvalue weighted by molar-refractivity contribution is -0.143. The number of pyridine rings is 1. The van der Waals surface area contributed by atoms with E-state index in [4.69, 9.17) is 11.6 Å². The first kappa shape index (κ1) is 15.8. The number of anilines is 1. The summed E-state index contributed by atoms with van der Waals surface area (Å²) in [5, 5.41) is 0.354. The molecular weight excluding hydrogens is 308 g/mol. The summed E-state index contributed by atoms with van der Waals surface area (Å²) < 4.78 is 4.52. The van der Waals surface area contributed by atoms with Gasteiger partial charge >= 0.3 is 5.97 Å². The van der Waals surface area contributed by atoms with Crippen molar-refractivity contribution in [3.63, 3.8) is 0 Å². The van der Waals surface area contributed by atoms with Gasteiger partial charge in [-0.2, -0.15) is 0 Å². The van der Waals surface area contributed by atoms with Crippen LogP contribution in [0.4, 0.5) is 5.95 Å². The number of rotatable bonds is 5. The molecule has 2 aromatic heterocycles. The molecule has 0 unspecified atom stereocenters. The molecule has 0 aliphatic heterocycles. The van der Waals surface area contributed by atoms with E-state index < -0.39 is 18.3 Å². The van der Waals surface area contributed by atoms with Crippen LogP contribution in [0.15, 0.2) is 36.8 Å². The van der Waals surface area contributed by atoms with Crippen LogP contribution in [0.3, 0.4) is 0 Å². The normalized spacial score (nSPS) is 10.1. The average Bonchev–Trinajstić information content (AvgIpc) is 2.54. The number of carbonyl (C=O) groups is 2. The zero-order valence-corrected chi connectivity index (χ0v) is 12.5. The van der Waals surface area contributed by atoms with E-state index in [1.54, 1.807) is 24.4 Å². The van der Waals surface area contributed by atoms with Crippen molar-refractivity contribution in [1.82, 2.24) is 15.0 Å². The molecule has 7 nitrogen and oxygen atoms in total. The van der Waals surface area contributed by atoms with E-state index in [1.807, 2.05) is 0 Å². The summed E-state index contributed by atoms with van der Waals surface area (Å²) in [6, 6.07) is 4.98. The maximum absolute atomic E-state index is 12.3. The Balaban J connectivity index is 2.23. The summed E-state index contributed by atoms with van der Waals surface area (Å²) in [7, 11) is 1.22. The Hall–Kier alpha value is -2.54. The Morgan fingerprint density at radius 2 is 1.95 bits per heavy atom. The zero-order chi connectivity index (χ0) is 15.9. The molecule has 8 heteroatoms. The summed E-state index contributed by atoms with van der Waals surface area (Å²) >= 11 is 5.74. The first-order valence-corrected chi connectivity index (χ1v) is 6.72. The molecule has 0 aromatic carbocycles. The van der Waals surface area contributed by atoms with Crippen LogP contribution in [0, 0.1) is 0 Å². The van der Waals surface area contributed by atoms with E-state index in [9.17, 15) is 9.59 Å². The van der Waals surface area contributed by atoms with Crippen molar-refractivity contribution in [1.29, 1.82) is 0 Å². The van der Waals surface area contributed by atoms with E-state index in [0.29, 0.717) is 5.15 Å². The molecule has 0 radical (unpaired) electrons. The predicted molar refractivity (Wildman–Crippen MR) is 79.1 cm³/mol. The molecule has 0 saturated carbocycles. The molecular formula is C14H13ClN4O3. The number of nitrogens with zero attached hydrogens (tertiary/aromatic N) is 4. The molecule has 1 amide bonds. The SMILES string of the molecule is COC(=O)CC(=O)N(Cc1ccc(Cl)nc1)c1ncccn1. The number of esters is 1. The predicted octanol–water partition coefficient (Wildman–Crippen LogP) is 1.62. The molecule has 0 spiro atoms. The van der Waals surface area contributed by atoms with Crippen LogP contribution in [0.5, 0.6) is 0 Å². The molecule has 0 aliphatic carbocycles. The summed E-state index contributed by atoms with van der Waals surface area (Å²) in [6.07, 6.45) is 4.18. The fourth-order valence-electron chi connectivity index (χ4n) is 1.67. The van der Waals surface area contributed by atoms with E-state index >= 15 is 0 Å². The molecule has 0 saturated heterocycles. The largest absolute Gasteiger partial charge is 0.469 e. The van der Waals surface area contributed by atoms with Gasteiger partial charge in [0.2, 0.25) is 11.9 Å². The lowest BCUT2D eigenvalue weighted by atomic mass is 10.2. The Kier molecular flexibility index (Phi) is 5.37. The van der Waals surface area contributed by atoms with Gasteiger partial charge in [0, 0.05) is 18.6 Å². The van der Waals surface area contributed by atoms with E-state index in [2.05, 4.69) is 19.7 Å². The molecule has 0 aliphatic rings. The highest BCUT2D eigenvalue weighted by Gasteiger charge is 2.21. The highest BCUT2D eigenvalue weighted by molar-refractivity contribution is 6.29. The van der Waals surface area contributed by atoms with Crippen molar-refractivity contribution in [3.8, 4) is 0 Å². The minimum atomic E-state index is -0.625. The number of hydrogen-bond acceptors (Lipinski definition) is 6. The molecule has 2 rings (SSSR count). The van der Waals surface area contributed by atoms with Gasteiger partial charge in [-0.3, -0.25) is 14.5 Å². The Bertz CT molecular complexity index is 649. The number of amides is 1. The Labute approximate surface area is 131 Å². The van der Waals surface area contributed by atoms with Crippen LogP contribution < -0.4 is 4.90 Å². The molecule has 0 fully saturated rings. The fraction of sp³-hybridized carbons (Fsp3) is 0.214. The summed E-state index contributed by atoms with van der Waals surface area (Å²) in [5.74, 6) is -0.889. The molecule has 22 heavy (non-hydrogen) atoms. The smallest absolute Gasteiger partial charge is 0.315 e.